The lowest BCUT2D eigenvalue weighted by Gasteiger charge is -2.36. The average molecular weight is 381 g/mol. The van der Waals surface area contributed by atoms with Gasteiger partial charge in [0, 0.05) is 11.5 Å². The molecular formula is C21H36O2SSi. The summed E-state index contributed by atoms with van der Waals surface area (Å²) in [6.07, 6.45) is 10.0. The molecule has 0 aliphatic carbocycles. The van der Waals surface area contributed by atoms with Gasteiger partial charge in [-0.15, -0.1) is 11.3 Å². The van der Waals surface area contributed by atoms with Gasteiger partial charge in [-0.3, -0.25) is 0 Å². The molecule has 0 bridgehead atoms. The molecule has 1 unspecified atom stereocenters. The fourth-order valence-electron chi connectivity index (χ4n) is 2.14. The Kier molecular flexibility index (Phi) is 9.36. The van der Waals surface area contributed by atoms with Gasteiger partial charge in [0.15, 0.2) is 8.32 Å². The smallest absolute Gasteiger partial charge is 0.191 e. The third-order valence-corrected chi connectivity index (χ3v) is 10.5. The first-order valence-corrected chi connectivity index (χ1v) is 13.1. The van der Waals surface area contributed by atoms with E-state index in [0.29, 0.717) is 0 Å². The van der Waals surface area contributed by atoms with Crippen molar-refractivity contribution in [3.05, 3.63) is 46.2 Å². The van der Waals surface area contributed by atoms with E-state index < -0.39 is 8.32 Å². The quantitative estimate of drug-likeness (QED) is 0.273. The summed E-state index contributed by atoms with van der Waals surface area (Å²) in [7, 11) is -1.59. The van der Waals surface area contributed by atoms with E-state index in [-0.39, 0.29) is 11.1 Å². The van der Waals surface area contributed by atoms with Crippen LogP contribution in [0.5, 0.6) is 0 Å². The van der Waals surface area contributed by atoms with Crippen LogP contribution >= 0.6 is 11.3 Å². The molecule has 0 radical (unpaired) electrons. The van der Waals surface area contributed by atoms with Crippen molar-refractivity contribution < 1.29 is 9.53 Å². The molecule has 1 aromatic heterocycles. The average Bonchev–Trinajstić information content (AvgIpc) is 3.05. The first-order valence-electron chi connectivity index (χ1n) is 9.31. The van der Waals surface area contributed by atoms with Crippen molar-refractivity contribution >= 4 is 19.7 Å². The van der Waals surface area contributed by atoms with Crippen LogP contribution < -0.4 is 0 Å². The van der Waals surface area contributed by atoms with Crippen molar-refractivity contribution in [2.24, 2.45) is 0 Å². The van der Waals surface area contributed by atoms with Gasteiger partial charge in [0.2, 0.25) is 0 Å². The first kappa shape index (κ1) is 22.4. The van der Waals surface area contributed by atoms with E-state index in [1.807, 2.05) is 17.5 Å². The van der Waals surface area contributed by atoms with Crippen molar-refractivity contribution in [2.45, 2.75) is 77.6 Å². The molecule has 0 saturated carbocycles. The van der Waals surface area contributed by atoms with E-state index in [0.717, 1.165) is 37.2 Å². The Balaban J connectivity index is 2.20. The Labute approximate surface area is 159 Å². The maximum absolute atomic E-state index is 10.1. The molecule has 0 fully saturated rings. The topological polar surface area (TPSA) is 29.5 Å². The first-order chi connectivity index (χ1) is 11.6. The van der Waals surface area contributed by atoms with E-state index in [9.17, 15) is 5.11 Å². The van der Waals surface area contributed by atoms with Gasteiger partial charge in [0.05, 0.1) is 6.10 Å². The van der Waals surface area contributed by atoms with Crippen LogP contribution in [0.2, 0.25) is 18.1 Å². The lowest BCUT2D eigenvalue weighted by Crippen LogP contribution is -2.40. The normalized spacial score (nSPS) is 15.1. The summed E-state index contributed by atoms with van der Waals surface area (Å²) in [5.41, 5.74) is 1.31. The second-order valence-corrected chi connectivity index (χ2v) is 14.1. The molecule has 25 heavy (non-hydrogen) atoms. The summed E-state index contributed by atoms with van der Waals surface area (Å²) >= 11 is 1.62. The van der Waals surface area contributed by atoms with E-state index in [1.54, 1.807) is 11.3 Å². The molecule has 1 N–H and O–H groups in total. The highest BCUT2D eigenvalue weighted by molar-refractivity contribution is 7.10. The third kappa shape index (κ3) is 8.49. The number of thiophene rings is 1. The lowest BCUT2D eigenvalue weighted by molar-refractivity contribution is 0.171. The van der Waals surface area contributed by atoms with E-state index in [1.165, 1.54) is 5.57 Å². The predicted octanol–water partition coefficient (Wildman–Crippen LogP) is 6.87. The highest BCUT2D eigenvalue weighted by Crippen LogP contribution is 2.36. The van der Waals surface area contributed by atoms with Gasteiger partial charge in [-0.2, -0.15) is 0 Å². The SMILES string of the molecule is C/C(=C\C=C\CCCO[Si](C)(C)C(C)(C)C)CCC(O)c1cccs1. The number of hydrogen-bond acceptors (Lipinski definition) is 3. The van der Waals surface area contributed by atoms with Crippen LogP contribution in [-0.4, -0.2) is 20.0 Å². The molecule has 142 valence electrons. The monoisotopic (exact) mass is 380 g/mol. The predicted molar refractivity (Wildman–Crippen MR) is 114 cm³/mol. The summed E-state index contributed by atoms with van der Waals surface area (Å²) in [5.74, 6) is 0. The number of unbranched alkanes of at least 4 members (excludes halogenated alkanes) is 1. The van der Waals surface area contributed by atoms with Crippen molar-refractivity contribution in [1.29, 1.82) is 0 Å². The van der Waals surface area contributed by atoms with Gasteiger partial charge < -0.3 is 9.53 Å². The minimum absolute atomic E-state index is 0.288. The van der Waals surface area contributed by atoms with Crippen molar-refractivity contribution in [1.82, 2.24) is 0 Å². The second-order valence-electron chi connectivity index (χ2n) is 8.26. The minimum Gasteiger partial charge on any atom is -0.417 e. The molecule has 0 saturated heterocycles. The molecule has 1 aromatic rings. The van der Waals surface area contributed by atoms with Crippen LogP contribution in [0.4, 0.5) is 0 Å². The Morgan fingerprint density at radius 1 is 1.36 bits per heavy atom. The van der Waals surface area contributed by atoms with Crippen molar-refractivity contribution in [2.75, 3.05) is 6.61 Å². The summed E-state index contributed by atoms with van der Waals surface area (Å²) in [6, 6.07) is 3.99. The Morgan fingerprint density at radius 2 is 2.08 bits per heavy atom. The molecule has 1 heterocycles. The fraction of sp³-hybridized carbons (Fsp3) is 0.619. The Hall–Kier alpha value is -0.683. The molecule has 2 nitrogen and oxygen atoms in total. The largest absolute Gasteiger partial charge is 0.417 e. The van der Waals surface area contributed by atoms with Crippen LogP contribution in [0.3, 0.4) is 0 Å². The minimum atomic E-state index is -1.59. The molecule has 0 aliphatic rings. The second kappa shape index (κ2) is 10.5. The van der Waals surface area contributed by atoms with Gasteiger partial charge >= 0.3 is 0 Å². The number of allylic oxidation sites excluding steroid dienone is 4. The lowest BCUT2D eigenvalue weighted by atomic mass is 10.1. The highest BCUT2D eigenvalue weighted by Gasteiger charge is 2.36. The third-order valence-electron chi connectivity index (χ3n) is 4.98. The van der Waals surface area contributed by atoms with E-state index in [2.05, 4.69) is 59.0 Å². The van der Waals surface area contributed by atoms with Crippen LogP contribution in [0, 0.1) is 0 Å². The summed E-state index contributed by atoms with van der Waals surface area (Å²) in [6.45, 7) is 14.4. The maximum Gasteiger partial charge on any atom is 0.191 e. The summed E-state index contributed by atoms with van der Waals surface area (Å²) in [5, 5.41) is 12.4. The Morgan fingerprint density at radius 3 is 2.68 bits per heavy atom. The Bertz CT molecular complexity index is 539. The van der Waals surface area contributed by atoms with Crippen LogP contribution in [0.25, 0.3) is 0 Å². The van der Waals surface area contributed by atoms with E-state index >= 15 is 0 Å². The number of aliphatic hydroxyl groups excluding tert-OH is 1. The molecule has 1 rings (SSSR count). The zero-order valence-corrected chi connectivity index (χ0v) is 18.7. The van der Waals surface area contributed by atoms with Gasteiger partial charge in [-0.05, 0) is 62.2 Å². The van der Waals surface area contributed by atoms with Gasteiger partial charge in [-0.1, -0.05) is 50.6 Å². The molecule has 0 amide bonds. The molecule has 0 aliphatic heterocycles. The standard InChI is InChI=1S/C21H36O2SSi/c1-18(14-15-19(22)20-13-11-17-24-20)12-9-7-8-10-16-23-25(5,6)21(2,3)4/h7,9,11-13,17,19,22H,8,10,14-16H2,1-6H3/b9-7+,18-12+. The highest BCUT2D eigenvalue weighted by atomic mass is 32.1. The van der Waals surface area contributed by atoms with Crippen molar-refractivity contribution in [3.8, 4) is 0 Å². The summed E-state index contributed by atoms with van der Waals surface area (Å²) < 4.78 is 6.18. The van der Waals surface area contributed by atoms with Crippen LogP contribution in [0.15, 0.2) is 41.3 Å². The van der Waals surface area contributed by atoms with Gasteiger partial charge in [0.25, 0.3) is 0 Å². The molecule has 0 spiro atoms. The fourth-order valence-corrected chi connectivity index (χ4v) is 3.98. The van der Waals surface area contributed by atoms with Crippen LogP contribution in [0.1, 0.15) is 64.4 Å². The molecule has 1 atom stereocenters. The van der Waals surface area contributed by atoms with E-state index in [4.69, 9.17) is 4.43 Å². The molecular weight excluding hydrogens is 344 g/mol. The van der Waals surface area contributed by atoms with Crippen molar-refractivity contribution in [3.63, 3.8) is 0 Å². The number of aliphatic hydroxyl groups is 1. The molecule has 4 heteroatoms. The van der Waals surface area contributed by atoms with Gasteiger partial charge in [0.1, 0.15) is 0 Å². The summed E-state index contributed by atoms with van der Waals surface area (Å²) in [4.78, 5) is 1.06. The molecule has 0 aromatic carbocycles. The maximum atomic E-state index is 10.1. The number of rotatable bonds is 10. The van der Waals surface area contributed by atoms with Crippen LogP contribution in [-0.2, 0) is 4.43 Å². The zero-order chi connectivity index (χ0) is 18.9. The zero-order valence-electron chi connectivity index (χ0n) is 16.8. The van der Waals surface area contributed by atoms with Gasteiger partial charge in [-0.25, -0.2) is 0 Å². The number of hydrogen-bond donors (Lipinski definition) is 1.